The Morgan fingerprint density at radius 3 is 2.84 bits per heavy atom. The fourth-order valence-electron chi connectivity index (χ4n) is 3.71. The number of aromatic nitrogens is 3. The number of urea groups is 1. The molecule has 1 fully saturated rings. The lowest BCUT2D eigenvalue weighted by Gasteiger charge is -2.23. The van der Waals surface area contributed by atoms with E-state index in [-0.39, 0.29) is 18.2 Å². The van der Waals surface area contributed by atoms with E-state index in [0.717, 1.165) is 5.39 Å². The molecule has 3 N–H and O–H groups in total. The van der Waals surface area contributed by atoms with Gasteiger partial charge in [-0.15, -0.1) is 0 Å². The van der Waals surface area contributed by atoms with Crippen LogP contribution in [0.5, 0.6) is 11.6 Å². The zero-order valence-corrected chi connectivity index (χ0v) is 16.3. The molecule has 0 saturated carbocycles. The van der Waals surface area contributed by atoms with Crippen LogP contribution in [0.3, 0.4) is 0 Å². The smallest absolute Gasteiger partial charge is 0.322 e. The van der Waals surface area contributed by atoms with Crippen LogP contribution in [0.15, 0.2) is 59.5 Å². The quantitative estimate of drug-likeness (QED) is 0.422. The molecule has 4 heterocycles. The van der Waals surface area contributed by atoms with Gasteiger partial charge in [0.25, 0.3) is 5.91 Å². The number of benzene rings is 1. The number of carbonyl (C=O) groups excluding carboxylic acids is 2. The maximum atomic E-state index is 12.9. The molecule has 1 aliphatic rings. The summed E-state index contributed by atoms with van der Waals surface area (Å²) < 4.78 is 12.2. The van der Waals surface area contributed by atoms with Crippen LogP contribution in [0.1, 0.15) is 5.76 Å². The van der Waals surface area contributed by atoms with Gasteiger partial charge in [-0.1, -0.05) is 5.16 Å². The summed E-state index contributed by atoms with van der Waals surface area (Å²) in [6, 6.07) is 9.71. The summed E-state index contributed by atoms with van der Waals surface area (Å²) in [6.07, 6.45) is 4.92. The molecule has 1 atom stereocenters. The number of nitrogens with one attached hydrogen (secondary N) is 2. The minimum absolute atomic E-state index is 0.0748. The van der Waals surface area contributed by atoms with Gasteiger partial charge in [-0.25, -0.2) is 4.79 Å². The van der Waals surface area contributed by atoms with Crippen molar-refractivity contribution in [1.82, 2.24) is 25.3 Å². The number of methoxy groups -OCH3 is 1. The number of imide groups is 1. The van der Waals surface area contributed by atoms with Crippen LogP contribution in [0, 0.1) is 0 Å². The summed E-state index contributed by atoms with van der Waals surface area (Å²) in [5.74, 6) is 0.0262. The van der Waals surface area contributed by atoms with E-state index >= 15 is 0 Å². The van der Waals surface area contributed by atoms with E-state index < -0.39 is 17.5 Å². The first kappa shape index (κ1) is 18.7. The Morgan fingerprint density at radius 1 is 1.26 bits per heavy atom. The van der Waals surface area contributed by atoms with Gasteiger partial charge in [-0.2, -0.15) is 0 Å². The van der Waals surface area contributed by atoms with Crippen molar-refractivity contribution >= 4 is 22.7 Å². The first-order valence-electron chi connectivity index (χ1n) is 9.37. The van der Waals surface area contributed by atoms with Crippen LogP contribution < -0.4 is 15.4 Å². The minimum Gasteiger partial charge on any atom is -0.497 e. The number of amides is 3. The van der Waals surface area contributed by atoms with Crippen LogP contribution in [-0.4, -0.2) is 38.9 Å². The molecule has 5 rings (SSSR count). The molecule has 1 aromatic carbocycles. The molecule has 10 heteroatoms. The van der Waals surface area contributed by atoms with Gasteiger partial charge in [-0.05, 0) is 30.3 Å². The van der Waals surface area contributed by atoms with Crippen LogP contribution in [0.2, 0.25) is 0 Å². The average Bonchev–Trinajstić information content (AvgIpc) is 3.46. The van der Waals surface area contributed by atoms with Gasteiger partial charge in [0.2, 0.25) is 0 Å². The number of rotatable bonds is 5. The highest BCUT2D eigenvalue weighted by molar-refractivity contribution is 6.07. The molecule has 0 aliphatic carbocycles. The number of ether oxygens (including phenoxy) is 1. The van der Waals surface area contributed by atoms with Crippen LogP contribution in [0.25, 0.3) is 22.0 Å². The van der Waals surface area contributed by atoms with E-state index in [1.165, 1.54) is 11.7 Å². The molecule has 10 nitrogen and oxygen atoms in total. The van der Waals surface area contributed by atoms with Crippen molar-refractivity contribution in [3.8, 4) is 22.9 Å². The molecule has 3 aromatic heterocycles. The molecule has 0 radical (unpaired) electrons. The Labute approximate surface area is 175 Å². The number of fused-ring (bicyclic) bond motifs is 1. The van der Waals surface area contributed by atoms with E-state index in [1.807, 2.05) is 0 Å². The second-order valence-corrected chi connectivity index (χ2v) is 7.17. The van der Waals surface area contributed by atoms with E-state index in [9.17, 15) is 14.7 Å². The fraction of sp³-hybridized carbons (Fsp3) is 0.143. The van der Waals surface area contributed by atoms with Gasteiger partial charge >= 0.3 is 6.03 Å². The van der Waals surface area contributed by atoms with E-state index in [2.05, 4.69) is 20.8 Å². The van der Waals surface area contributed by atoms with Crippen molar-refractivity contribution in [1.29, 1.82) is 0 Å². The molecule has 0 bridgehead atoms. The number of carbonyl (C=O) groups is 2. The second-order valence-electron chi connectivity index (χ2n) is 7.17. The molecule has 156 valence electrons. The zero-order valence-electron chi connectivity index (χ0n) is 16.3. The Morgan fingerprint density at radius 2 is 2.13 bits per heavy atom. The maximum absolute atomic E-state index is 12.9. The van der Waals surface area contributed by atoms with Crippen molar-refractivity contribution in [2.45, 2.75) is 12.1 Å². The molecular formula is C21H17N5O5. The second kappa shape index (κ2) is 6.87. The third-order valence-corrected chi connectivity index (χ3v) is 5.31. The van der Waals surface area contributed by atoms with Gasteiger partial charge in [0, 0.05) is 41.0 Å². The summed E-state index contributed by atoms with van der Waals surface area (Å²) in [4.78, 5) is 29.0. The van der Waals surface area contributed by atoms with E-state index in [1.54, 1.807) is 55.0 Å². The van der Waals surface area contributed by atoms with Crippen molar-refractivity contribution in [2.24, 2.45) is 0 Å². The number of pyridine rings is 1. The summed E-state index contributed by atoms with van der Waals surface area (Å²) in [7, 11) is 1.53. The summed E-state index contributed by atoms with van der Waals surface area (Å²) in [5.41, 5.74) is -0.441. The van der Waals surface area contributed by atoms with Crippen molar-refractivity contribution in [3.63, 3.8) is 0 Å². The molecule has 3 amide bonds. The van der Waals surface area contributed by atoms with E-state index in [0.29, 0.717) is 22.4 Å². The standard InChI is InChI=1S/C21H17N5O5/c1-30-14-5-4-13-10-26(18(27)15(13)7-14)11-21(19(28)23-20(29)24-21)17-8-16(25-31-17)12-3-2-6-22-9-12/h2-10,27H,11H2,1H3,(H2,23,24,28,29)/t21-/m0/s1. The lowest BCUT2D eigenvalue weighted by Crippen LogP contribution is -2.47. The average molecular weight is 419 g/mol. The topological polar surface area (TPSA) is 132 Å². The predicted octanol–water partition coefficient (Wildman–Crippen LogP) is 2.14. The monoisotopic (exact) mass is 419 g/mol. The molecule has 31 heavy (non-hydrogen) atoms. The van der Waals surface area contributed by atoms with Crippen LogP contribution >= 0.6 is 0 Å². The molecule has 1 saturated heterocycles. The highest BCUT2D eigenvalue weighted by Gasteiger charge is 2.51. The van der Waals surface area contributed by atoms with Crippen LogP contribution in [-0.2, 0) is 16.9 Å². The first-order valence-corrected chi connectivity index (χ1v) is 9.37. The Bertz CT molecular complexity index is 1310. The highest BCUT2D eigenvalue weighted by Crippen LogP contribution is 2.35. The van der Waals surface area contributed by atoms with Gasteiger partial charge in [-0.3, -0.25) is 15.1 Å². The first-order chi connectivity index (χ1) is 15.0. The zero-order chi connectivity index (χ0) is 21.6. The molecule has 4 aromatic rings. The van der Waals surface area contributed by atoms with Gasteiger partial charge in [0.1, 0.15) is 11.4 Å². The van der Waals surface area contributed by atoms with Gasteiger partial charge in [0.15, 0.2) is 17.2 Å². The summed E-state index contributed by atoms with van der Waals surface area (Å²) in [6.45, 7) is -0.116. The number of hydrogen-bond donors (Lipinski definition) is 3. The fourth-order valence-corrected chi connectivity index (χ4v) is 3.71. The maximum Gasteiger partial charge on any atom is 0.322 e. The third-order valence-electron chi connectivity index (χ3n) is 5.31. The largest absolute Gasteiger partial charge is 0.497 e. The molecule has 0 unspecified atom stereocenters. The third kappa shape index (κ3) is 2.96. The van der Waals surface area contributed by atoms with Crippen molar-refractivity contribution in [3.05, 3.63) is 60.7 Å². The highest BCUT2D eigenvalue weighted by atomic mass is 16.5. The summed E-state index contributed by atoms with van der Waals surface area (Å²) in [5, 5.41) is 21.0. The lowest BCUT2D eigenvalue weighted by molar-refractivity contribution is -0.125. The molecule has 1 aliphatic heterocycles. The number of hydrogen-bond acceptors (Lipinski definition) is 7. The van der Waals surface area contributed by atoms with Crippen molar-refractivity contribution < 1.29 is 24.0 Å². The Kier molecular flexibility index (Phi) is 4.14. The van der Waals surface area contributed by atoms with Crippen molar-refractivity contribution in [2.75, 3.05) is 7.11 Å². The number of nitrogens with zero attached hydrogens (tertiary/aromatic N) is 3. The lowest BCUT2D eigenvalue weighted by atomic mass is 9.95. The molecular weight excluding hydrogens is 402 g/mol. The number of aromatic hydroxyl groups is 1. The van der Waals surface area contributed by atoms with Gasteiger partial charge < -0.3 is 24.3 Å². The SMILES string of the molecule is COc1ccc2cn(C[C@@]3(c4cc(-c5cccnc5)no4)NC(=O)NC3=O)c(O)c2c1. The normalized spacial score (nSPS) is 18.2. The Balaban J connectivity index is 1.59. The molecule has 0 spiro atoms. The predicted molar refractivity (Wildman–Crippen MR) is 108 cm³/mol. The summed E-state index contributed by atoms with van der Waals surface area (Å²) >= 11 is 0. The Hall–Kier alpha value is -4.34. The van der Waals surface area contributed by atoms with Crippen LogP contribution in [0.4, 0.5) is 4.79 Å². The minimum atomic E-state index is -1.60. The van der Waals surface area contributed by atoms with E-state index in [4.69, 9.17) is 9.26 Å². The van der Waals surface area contributed by atoms with Gasteiger partial charge in [0.05, 0.1) is 13.7 Å².